The summed E-state index contributed by atoms with van der Waals surface area (Å²) >= 11 is 1.30. The molecule has 1 atom stereocenters. The molecule has 0 heterocycles. The smallest absolute Gasteiger partial charge is 0.143 e. The molecule has 3 heteroatoms. The maximum absolute atomic E-state index is 13.2. The van der Waals surface area contributed by atoms with Crippen molar-refractivity contribution in [1.29, 1.82) is 0 Å². The zero-order valence-corrected chi connectivity index (χ0v) is 9.10. The highest BCUT2D eigenvalue weighted by Crippen LogP contribution is 2.27. The molecule has 0 aliphatic carbocycles. The van der Waals surface area contributed by atoms with Crippen molar-refractivity contribution in [3.05, 3.63) is 30.1 Å². The van der Waals surface area contributed by atoms with Crippen molar-refractivity contribution in [3.63, 3.8) is 0 Å². The number of hydrogen-bond acceptors (Lipinski definition) is 2. The third-order valence-corrected chi connectivity index (χ3v) is 3.46. The summed E-state index contributed by atoms with van der Waals surface area (Å²) in [6, 6.07) is 6.53. The van der Waals surface area contributed by atoms with Crippen LogP contribution in [-0.2, 0) is 4.79 Å². The van der Waals surface area contributed by atoms with Crippen LogP contribution >= 0.6 is 11.8 Å². The fourth-order valence-corrected chi connectivity index (χ4v) is 2.12. The van der Waals surface area contributed by atoms with E-state index in [1.54, 1.807) is 25.1 Å². The second-order valence-corrected chi connectivity index (χ2v) is 4.30. The number of thioether (sulfide) groups is 1. The highest BCUT2D eigenvalue weighted by molar-refractivity contribution is 8.00. The van der Waals surface area contributed by atoms with Crippen LogP contribution in [0.25, 0.3) is 0 Å². The van der Waals surface area contributed by atoms with E-state index in [0.29, 0.717) is 4.90 Å². The second kappa shape index (κ2) is 5.15. The number of halogens is 1. The normalized spacial score (nSPS) is 12.5. The summed E-state index contributed by atoms with van der Waals surface area (Å²) in [5, 5.41) is -0.133. The number of rotatable bonds is 4. The molecule has 0 N–H and O–H groups in total. The van der Waals surface area contributed by atoms with E-state index in [1.807, 2.05) is 6.92 Å². The topological polar surface area (TPSA) is 17.1 Å². The van der Waals surface area contributed by atoms with Gasteiger partial charge in [-0.15, -0.1) is 11.8 Å². The van der Waals surface area contributed by atoms with E-state index in [4.69, 9.17) is 0 Å². The third-order valence-electron chi connectivity index (χ3n) is 1.93. The van der Waals surface area contributed by atoms with Crippen molar-refractivity contribution < 1.29 is 9.18 Å². The van der Waals surface area contributed by atoms with E-state index in [2.05, 4.69) is 0 Å². The van der Waals surface area contributed by atoms with E-state index in [0.717, 1.165) is 6.42 Å². The summed E-state index contributed by atoms with van der Waals surface area (Å²) in [5.74, 6) is -0.155. The average molecular weight is 212 g/mol. The molecule has 1 aromatic rings. The first kappa shape index (κ1) is 11.2. The second-order valence-electron chi connectivity index (χ2n) is 3.06. The van der Waals surface area contributed by atoms with E-state index in [1.165, 1.54) is 17.8 Å². The fraction of sp³-hybridized carbons (Fsp3) is 0.364. The molecule has 0 aliphatic heterocycles. The molecule has 0 saturated carbocycles. The van der Waals surface area contributed by atoms with Gasteiger partial charge in [-0.25, -0.2) is 4.39 Å². The van der Waals surface area contributed by atoms with E-state index < -0.39 is 0 Å². The Morgan fingerprint density at radius 2 is 2.14 bits per heavy atom. The van der Waals surface area contributed by atoms with Gasteiger partial charge in [0.15, 0.2) is 0 Å². The monoisotopic (exact) mass is 212 g/mol. The van der Waals surface area contributed by atoms with Crippen molar-refractivity contribution in [2.45, 2.75) is 30.4 Å². The van der Waals surface area contributed by atoms with Gasteiger partial charge in [-0.1, -0.05) is 19.1 Å². The van der Waals surface area contributed by atoms with Gasteiger partial charge in [0.25, 0.3) is 0 Å². The summed E-state index contributed by atoms with van der Waals surface area (Å²) < 4.78 is 13.2. The molecule has 0 spiro atoms. The predicted octanol–water partition coefficient (Wildman–Crippen LogP) is 3.29. The summed E-state index contributed by atoms with van der Waals surface area (Å²) in [7, 11) is 0. The lowest BCUT2D eigenvalue weighted by Gasteiger charge is -2.10. The molecule has 0 amide bonds. The van der Waals surface area contributed by atoms with Crippen LogP contribution < -0.4 is 0 Å². The molecule has 0 saturated heterocycles. The Bertz CT molecular complexity index is 325. The zero-order valence-electron chi connectivity index (χ0n) is 8.29. The van der Waals surface area contributed by atoms with Gasteiger partial charge < -0.3 is 0 Å². The minimum Gasteiger partial charge on any atom is -0.299 e. The number of carbonyl (C=O) groups is 1. The highest BCUT2D eigenvalue weighted by Gasteiger charge is 2.14. The first-order valence-electron chi connectivity index (χ1n) is 4.56. The molecule has 0 fully saturated rings. The Labute approximate surface area is 87.7 Å². The van der Waals surface area contributed by atoms with Crippen molar-refractivity contribution >= 4 is 17.5 Å². The number of hydrogen-bond donors (Lipinski definition) is 0. The SMILES string of the molecule is CCC(Sc1ccccc1F)C(C)=O. The molecule has 0 aliphatic rings. The Morgan fingerprint density at radius 3 is 2.64 bits per heavy atom. The molecule has 0 aromatic heterocycles. The fourth-order valence-electron chi connectivity index (χ4n) is 1.15. The van der Waals surface area contributed by atoms with Crippen molar-refractivity contribution in [3.8, 4) is 0 Å². The Balaban J connectivity index is 2.77. The number of carbonyl (C=O) groups excluding carboxylic acids is 1. The standard InChI is InChI=1S/C11H13FOS/c1-3-10(8(2)13)14-11-7-5-4-6-9(11)12/h4-7,10H,3H2,1-2H3. The maximum atomic E-state index is 13.2. The summed E-state index contributed by atoms with van der Waals surface area (Å²) in [6.45, 7) is 3.47. The molecular weight excluding hydrogens is 199 g/mol. The van der Waals surface area contributed by atoms with Gasteiger partial charge in [0.1, 0.15) is 11.6 Å². The van der Waals surface area contributed by atoms with Gasteiger partial charge >= 0.3 is 0 Å². The molecular formula is C11H13FOS. The summed E-state index contributed by atoms with van der Waals surface area (Å²) in [5.41, 5.74) is 0. The Kier molecular flexibility index (Phi) is 4.14. The summed E-state index contributed by atoms with van der Waals surface area (Å²) in [6.07, 6.45) is 0.730. The van der Waals surface area contributed by atoms with Crippen LogP contribution in [-0.4, -0.2) is 11.0 Å². The molecule has 1 nitrogen and oxygen atoms in total. The zero-order chi connectivity index (χ0) is 10.6. The lowest BCUT2D eigenvalue weighted by molar-refractivity contribution is -0.116. The molecule has 1 unspecified atom stereocenters. The largest absolute Gasteiger partial charge is 0.299 e. The molecule has 1 rings (SSSR count). The molecule has 76 valence electrons. The van der Waals surface area contributed by atoms with E-state index >= 15 is 0 Å². The van der Waals surface area contributed by atoms with Gasteiger partial charge in [-0.2, -0.15) is 0 Å². The Hall–Kier alpha value is -0.830. The minimum absolute atomic E-state index is 0.0979. The van der Waals surface area contributed by atoms with Crippen molar-refractivity contribution in [2.75, 3.05) is 0 Å². The number of Topliss-reactive ketones (excluding diaryl/α,β-unsaturated/α-hetero) is 1. The molecule has 1 aromatic carbocycles. The van der Waals surface area contributed by atoms with Crippen LogP contribution in [0.1, 0.15) is 20.3 Å². The lowest BCUT2D eigenvalue weighted by Crippen LogP contribution is -2.11. The number of ketones is 1. The minimum atomic E-state index is -0.253. The van der Waals surface area contributed by atoms with Crippen LogP contribution in [0, 0.1) is 5.82 Å². The van der Waals surface area contributed by atoms with Crippen molar-refractivity contribution in [2.24, 2.45) is 0 Å². The van der Waals surface area contributed by atoms with Crippen molar-refractivity contribution in [1.82, 2.24) is 0 Å². The van der Waals surface area contributed by atoms with Gasteiger partial charge in [-0.05, 0) is 25.5 Å². The molecule has 0 radical (unpaired) electrons. The maximum Gasteiger partial charge on any atom is 0.143 e. The van der Waals surface area contributed by atoms with Crippen LogP contribution in [0.5, 0.6) is 0 Å². The number of benzene rings is 1. The Morgan fingerprint density at radius 1 is 1.50 bits per heavy atom. The van der Waals surface area contributed by atoms with Crippen LogP contribution in [0.4, 0.5) is 4.39 Å². The first-order chi connectivity index (χ1) is 6.65. The van der Waals surface area contributed by atoms with Crippen LogP contribution in [0.2, 0.25) is 0 Å². The van der Waals surface area contributed by atoms with Crippen LogP contribution in [0.15, 0.2) is 29.2 Å². The van der Waals surface area contributed by atoms with Gasteiger partial charge in [0.05, 0.1) is 5.25 Å². The third kappa shape index (κ3) is 2.84. The van der Waals surface area contributed by atoms with E-state index in [-0.39, 0.29) is 16.9 Å². The van der Waals surface area contributed by atoms with Gasteiger partial charge in [0, 0.05) is 4.90 Å². The molecule has 0 bridgehead atoms. The van der Waals surface area contributed by atoms with Gasteiger partial charge in [-0.3, -0.25) is 4.79 Å². The van der Waals surface area contributed by atoms with Crippen LogP contribution in [0.3, 0.4) is 0 Å². The van der Waals surface area contributed by atoms with Gasteiger partial charge in [0.2, 0.25) is 0 Å². The quantitative estimate of drug-likeness (QED) is 0.712. The summed E-state index contributed by atoms with van der Waals surface area (Å²) in [4.78, 5) is 11.7. The first-order valence-corrected chi connectivity index (χ1v) is 5.44. The lowest BCUT2D eigenvalue weighted by atomic mass is 10.2. The van der Waals surface area contributed by atoms with E-state index in [9.17, 15) is 9.18 Å². The molecule has 14 heavy (non-hydrogen) atoms. The predicted molar refractivity (Wildman–Crippen MR) is 57.0 cm³/mol. The average Bonchev–Trinajstić information content (AvgIpc) is 2.16. The highest BCUT2D eigenvalue weighted by atomic mass is 32.2.